The van der Waals surface area contributed by atoms with Crippen molar-refractivity contribution < 1.29 is 14.3 Å². The maximum Gasteiger partial charge on any atom is 0.356 e. The number of rotatable bonds is 3. The molecule has 0 fully saturated rings. The normalized spacial score (nSPS) is 11.0. The van der Waals surface area contributed by atoms with Crippen LogP contribution in [0.3, 0.4) is 0 Å². The van der Waals surface area contributed by atoms with E-state index in [-0.39, 0.29) is 5.69 Å². The second-order valence-electron chi connectivity index (χ2n) is 5.05. The number of aryl methyl sites for hydroxylation is 1. The van der Waals surface area contributed by atoms with E-state index in [1.165, 1.54) is 4.68 Å². The van der Waals surface area contributed by atoms with Crippen LogP contribution in [0.1, 0.15) is 21.8 Å². The van der Waals surface area contributed by atoms with Crippen molar-refractivity contribution in [3.8, 4) is 17.1 Å². The Labute approximate surface area is 142 Å². The molecule has 1 aromatic carbocycles. The van der Waals surface area contributed by atoms with E-state index < -0.39 is 5.97 Å². The first kappa shape index (κ1) is 15.6. The van der Waals surface area contributed by atoms with Gasteiger partial charge in [0.15, 0.2) is 11.5 Å². The minimum atomic E-state index is -1.11. The topological polar surface area (TPSA) is 68.3 Å². The zero-order valence-corrected chi connectivity index (χ0v) is 13.8. The van der Waals surface area contributed by atoms with Gasteiger partial charge in [0.05, 0.1) is 10.7 Å². The lowest BCUT2D eigenvalue weighted by molar-refractivity contribution is 0.0689. The van der Waals surface area contributed by atoms with E-state index in [4.69, 9.17) is 27.6 Å². The van der Waals surface area contributed by atoms with Crippen molar-refractivity contribution in [3.63, 3.8) is 0 Å². The molecule has 0 unspecified atom stereocenters. The van der Waals surface area contributed by atoms with Crippen molar-refractivity contribution in [2.45, 2.75) is 13.8 Å². The number of nitrogens with zero attached hydrogens (tertiary/aromatic N) is 2. The molecule has 3 aromatic rings. The Morgan fingerprint density at radius 1 is 1.22 bits per heavy atom. The minimum Gasteiger partial charge on any atom is -0.476 e. The van der Waals surface area contributed by atoms with E-state index in [2.05, 4.69) is 5.10 Å². The Balaban J connectivity index is 2.31. The second kappa shape index (κ2) is 5.76. The van der Waals surface area contributed by atoms with Crippen LogP contribution in [0.5, 0.6) is 0 Å². The Kier molecular flexibility index (Phi) is 3.92. The molecule has 23 heavy (non-hydrogen) atoms. The molecule has 0 spiro atoms. The van der Waals surface area contributed by atoms with Crippen molar-refractivity contribution in [1.82, 2.24) is 9.78 Å². The summed E-state index contributed by atoms with van der Waals surface area (Å²) >= 11 is 12.2. The molecular weight excluding hydrogens is 339 g/mol. The summed E-state index contributed by atoms with van der Waals surface area (Å²) < 4.78 is 7.11. The van der Waals surface area contributed by atoms with Crippen LogP contribution in [0.4, 0.5) is 0 Å². The third-order valence-corrected chi connectivity index (χ3v) is 3.97. The molecule has 0 atom stereocenters. The molecule has 118 valence electrons. The number of benzene rings is 1. The molecule has 3 rings (SSSR count). The first-order valence-corrected chi connectivity index (χ1v) is 7.49. The van der Waals surface area contributed by atoms with Gasteiger partial charge in [-0.15, -0.1) is 0 Å². The lowest BCUT2D eigenvalue weighted by atomic mass is 10.1. The van der Waals surface area contributed by atoms with Crippen LogP contribution in [0.2, 0.25) is 10.0 Å². The number of hydrogen-bond acceptors (Lipinski definition) is 3. The molecule has 0 aliphatic carbocycles. The van der Waals surface area contributed by atoms with Gasteiger partial charge < -0.3 is 9.52 Å². The zero-order valence-electron chi connectivity index (χ0n) is 12.3. The molecule has 0 saturated carbocycles. The first-order chi connectivity index (χ1) is 10.9. The summed E-state index contributed by atoms with van der Waals surface area (Å²) in [6, 6.07) is 8.49. The van der Waals surface area contributed by atoms with Crippen molar-refractivity contribution >= 4 is 29.2 Å². The average molecular weight is 351 g/mol. The smallest absolute Gasteiger partial charge is 0.356 e. The molecular formula is C16H12Cl2N2O3. The third kappa shape index (κ3) is 2.73. The Morgan fingerprint density at radius 2 is 1.96 bits per heavy atom. The quantitative estimate of drug-likeness (QED) is 0.739. The molecule has 0 radical (unpaired) electrons. The van der Waals surface area contributed by atoms with Gasteiger partial charge in [-0.2, -0.15) is 5.10 Å². The van der Waals surface area contributed by atoms with Crippen LogP contribution in [0.25, 0.3) is 17.1 Å². The van der Waals surface area contributed by atoms with Crippen molar-refractivity contribution in [2.75, 3.05) is 0 Å². The van der Waals surface area contributed by atoms with Crippen LogP contribution in [0, 0.1) is 13.8 Å². The highest BCUT2D eigenvalue weighted by atomic mass is 35.5. The van der Waals surface area contributed by atoms with Crippen LogP contribution in [-0.2, 0) is 0 Å². The molecule has 5 nitrogen and oxygen atoms in total. The minimum absolute atomic E-state index is 0.0555. The van der Waals surface area contributed by atoms with Crippen molar-refractivity contribution in [2.24, 2.45) is 0 Å². The number of halogens is 2. The first-order valence-electron chi connectivity index (χ1n) is 6.73. The van der Waals surface area contributed by atoms with Gasteiger partial charge in [0.1, 0.15) is 11.5 Å². The monoisotopic (exact) mass is 350 g/mol. The molecule has 7 heteroatoms. The largest absolute Gasteiger partial charge is 0.476 e. The summed E-state index contributed by atoms with van der Waals surface area (Å²) in [5, 5.41) is 14.4. The highest BCUT2D eigenvalue weighted by Crippen LogP contribution is 2.33. The maximum absolute atomic E-state index is 11.4. The predicted molar refractivity (Wildman–Crippen MR) is 87.7 cm³/mol. The third-order valence-electron chi connectivity index (χ3n) is 3.44. The van der Waals surface area contributed by atoms with Crippen LogP contribution >= 0.6 is 23.2 Å². The summed E-state index contributed by atoms with van der Waals surface area (Å²) in [5.74, 6) is 0.119. The van der Waals surface area contributed by atoms with Crippen molar-refractivity contribution in [1.29, 1.82) is 0 Å². The summed E-state index contributed by atoms with van der Waals surface area (Å²) in [5.41, 5.74) is 1.51. The molecule has 2 heterocycles. The molecule has 2 aromatic heterocycles. The summed E-state index contributed by atoms with van der Waals surface area (Å²) in [4.78, 5) is 11.4. The standard InChI is InChI=1S/C16H12Cl2N2O3/c1-8-3-6-13(23-8)15-9(2)14(16(21)22)19-20(15)12-5-4-10(17)7-11(12)18/h3-7H,1-2H3,(H,21,22). The molecule has 0 bridgehead atoms. The zero-order chi connectivity index (χ0) is 16.7. The molecule has 0 amide bonds. The van der Waals surface area contributed by atoms with E-state index in [1.54, 1.807) is 37.3 Å². The van der Waals surface area contributed by atoms with E-state index in [1.807, 2.05) is 6.92 Å². The van der Waals surface area contributed by atoms with E-state index >= 15 is 0 Å². The number of aromatic carboxylic acids is 1. The molecule has 0 aliphatic rings. The highest BCUT2D eigenvalue weighted by molar-refractivity contribution is 6.35. The SMILES string of the molecule is Cc1ccc(-c2c(C)c(C(=O)O)nn2-c2ccc(Cl)cc2Cl)o1. The van der Waals surface area contributed by atoms with Crippen LogP contribution < -0.4 is 0 Å². The van der Waals surface area contributed by atoms with Gasteiger partial charge in [0.25, 0.3) is 0 Å². The maximum atomic E-state index is 11.4. The number of carboxylic acid groups (broad SMARTS) is 1. The fourth-order valence-electron chi connectivity index (χ4n) is 2.38. The van der Waals surface area contributed by atoms with Gasteiger partial charge in [-0.05, 0) is 44.2 Å². The van der Waals surface area contributed by atoms with Gasteiger partial charge in [-0.25, -0.2) is 9.48 Å². The fraction of sp³-hybridized carbons (Fsp3) is 0.125. The van der Waals surface area contributed by atoms with Gasteiger partial charge in [0.2, 0.25) is 0 Å². The Bertz CT molecular complexity index is 912. The average Bonchev–Trinajstić information content (AvgIpc) is 3.02. The second-order valence-corrected chi connectivity index (χ2v) is 5.89. The molecule has 0 saturated heterocycles. The lowest BCUT2D eigenvalue weighted by Gasteiger charge is -2.08. The lowest BCUT2D eigenvalue weighted by Crippen LogP contribution is -2.03. The van der Waals surface area contributed by atoms with Gasteiger partial charge >= 0.3 is 5.97 Å². The van der Waals surface area contributed by atoms with Crippen molar-refractivity contribution in [3.05, 3.63) is 57.4 Å². The Hall–Kier alpha value is -2.24. The number of carboxylic acids is 1. The molecule has 0 aliphatic heterocycles. The highest BCUT2D eigenvalue weighted by Gasteiger charge is 2.24. The van der Waals surface area contributed by atoms with Crippen LogP contribution in [0.15, 0.2) is 34.7 Å². The van der Waals surface area contributed by atoms with Crippen LogP contribution in [-0.4, -0.2) is 20.9 Å². The fourth-order valence-corrected chi connectivity index (χ4v) is 2.87. The number of carbonyl (C=O) groups is 1. The summed E-state index contributed by atoms with van der Waals surface area (Å²) in [6.45, 7) is 3.50. The van der Waals surface area contributed by atoms with Gasteiger partial charge in [-0.3, -0.25) is 0 Å². The summed E-state index contributed by atoms with van der Waals surface area (Å²) in [6.07, 6.45) is 0. The van der Waals surface area contributed by atoms with E-state index in [0.29, 0.717) is 38.5 Å². The number of furan rings is 1. The van der Waals surface area contributed by atoms with Gasteiger partial charge in [-0.1, -0.05) is 23.2 Å². The summed E-state index contributed by atoms with van der Waals surface area (Å²) in [7, 11) is 0. The molecule has 1 N–H and O–H groups in total. The predicted octanol–water partition coefficient (Wildman–Crippen LogP) is 4.75. The van der Waals surface area contributed by atoms with Gasteiger partial charge in [0, 0.05) is 10.6 Å². The number of aromatic nitrogens is 2. The Morgan fingerprint density at radius 3 is 2.52 bits per heavy atom. The number of hydrogen-bond donors (Lipinski definition) is 1. The van der Waals surface area contributed by atoms with E-state index in [0.717, 1.165) is 0 Å². The van der Waals surface area contributed by atoms with E-state index in [9.17, 15) is 9.90 Å².